The van der Waals surface area contributed by atoms with Crippen LogP contribution in [0.3, 0.4) is 0 Å². The molecule has 0 spiro atoms. The maximum absolute atomic E-state index is 13.0. The minimum absolute atomic E-state index is 0.00776. The summed E-state index contributed by atoms with van der Waals surface area (Å²) < 4.78 is 5.05. The highest BCUT2D eigenvalue weighted by atomic mass is 16.5. The maximum Gasteiger partial charge on any atom is 0.313 e. The molecule has 232 valence electrons. The molecule has 1 aromatic rings. The number of carbonyl (C=O) groups excluding carboxylic acids is 2. The number of phenolic OH excluding ortho intramolecular Hbond substituents is 1. The number of hydrogen-bond donors (Lipinski definition) is 2. The van der Waals surface area contributed by atoms with Crippen LogP contribution in [0.25, 0.3) is 0 Å². The number of unbranched alkanes of at least 4 members (excludes halogenated alkanes) is 13. The van der Waals surface area contributed by atoms with Crippen LogP contribution in [0.2, 0.25) is 0 Å². The number of benzene rings is 1. The van der Waals surface area contributed by atoms with Crippen molar-refractivity contribution in [3.05, 3.63) is 41.6 Å². The van der Waals surface area contributed by atoms with Crippen LogP contribution in [0, 0.1) is 5.92 Å². The van der Waals surface area contributed by atoms with Gasteiger partial charge in [-0.3, -0.25) is 9.59 Å². The molecule has 1 aromatic carbocycles. The third-order valence-electron chi connectivity index (χ3n) is 8.51. The molecule has 2 rings (SSSR count). The summed E-state index contributed by atoms with van der Waals surface area (Å²) in [5.41, 5.74) is 1.58. The van der Waals surface area contributed by atoms with E-state index in [1.54, 1.807) is 18.2 Å². The van der Waals surface area contributed by atoms with Gasteiger partial charge in [-0.15, -0.1) is 0 Å². The Hall–Kier alpha value is -2.34. The van der Waals surface area contributed by atoms with Crippen LogP contribution in [0.5, 0.6) is 5.75 Å². The van der Waals surface area contributed by atoms with Gasteiger partial charge >= 0.3 is 5.97 Å². The Balaban J connectivity index is 1.82. The van der Waals surface area contributed by atoms with Crippen molar-refractivity contribution < 1.29 is 24.5 Å². The number of methoxy groups -OCH3 is 1. The molecular weight excluding hydrogens is 514 g/mol. The molecule has 6 heteroatoms. The standard InChI is InChI=1S/C35H57NO5/c1-4-6-7-8-9-10-11-12-13-14-15-16-17-18-20-30(38)27-32-34(39)33(35(40)41-3)31(19-5-2)36(32)26-25-28-21-23-29(37)24-22-28/h21-24,27,31,33-34,37,39H,4-20,25-26H2,1-3H3. The molecule has 3 unspecified atom stereocenters. The molecule has 1 aliphatic rings. The predicted octanol–water partition coefficient (Wildman–Crippen LogP) is 7.89. The van der Waals surface area contributed by atoms with Gasteiger partial charge in [0.15, 0.2) is 5.78 Å². The number of rotatable bonds is 22. The first-order valence-corrected chi connectivity index (χ1v) is 16.5. The van der Waals surface area contributed by atoms with Crippen molar-refractivity contribution in [3.8, 4) is 5.75 Å². The highest BCUT2D eigenvalue weighted by Gasteiger charge is 2.48. The quantitative estimate of drug-likeness (QED) is 0.0836. The van der Waals surface area contributed by atoms with E-state index in [1.807, 2.05) is 17.0 Å². The smallest absolute Gasteiger partial charge is 0.313 e. The van der Waals surface area contributed by atoms with Crippen LogP contribution in [-0.4, -0.2) is 52.7 Å². The van der Waals surface area contributed by atoms with Crippen LogP contribution in [0.4, 0.5) is 0 Å². The molecule has 0 aliphatic carbocycles. The Morgan fingerprint density at radius 2 is 1.37 bits per heavy atom. The van der Waals surface area contributed by atoms with Crippen LogP contribution >= 0.6 is 0 Å². The van der Waals surface area contributed by atoms with Gasteiger partial charge in [0.2, 0.25) is 0 Å². The molecule has 1 aliphatic heterocycles. The lowest BCUT2D eigenvalue weighted by atomic mass is 9.94. The van der Waals surface area contributed by atoms with E-state index >= 15 is 0 Å². The van der Waals surface area contributed by atoms with Gasteiger partial charge in [-0.2, -0.15) is 0 Å². The van der Waals surface area contributed by atoms with Gasteiger partial charge < -0.3 is 19.8 Å². The topological polar surface area (TPSA) is 87.1 Å². The van der Waals surface area contributed by atoms with Gasteiger partial charge in [-0.1, -0.05) is 116 Å². The number of hydrogen-bond acceptors (Lipinski definition) is 6. The monoisotopic (exact) mass is 571 g/mol. The molecule has 6 nitrogen and oxygen atoms in total. The van der Waals surface area contributed by atoms with Crippen molar-refractivity contribution in [2.45, 2.75) is 142 Å². The number of phenols is 1. The minimum atomic E-state index is -1.06. The SMILES string of the molecule is CCCCCCCCCCCCCCCCC(=O)C=C1C(O)C(C(=O)OC)C(CCC)N1CCc1ccc(O)cc1. The number of ether oxygens (including phenoxy) is 1. The van der Waals surface area contributed by atoms with Crippen molar-refractivity contribution in [1.82, 2.24) is 4.90 Å². The average Bonchev–Trinajstić information content (AvgIpc) is 3.22. The fourth-order valence-electron chi connectivity index (χ4n) is 6.11. The molecule has 0 amide bonds. The highest BCUT2D eigenvalue weighted by molar-refractivity contribution is 5.90. The molecule has 0 radical (unpaired) electrons. The van der Waals surface area contributed by atoms with E-state index in [9.17, 15) is 19.8 Å². The average molecular weight is 572 g/mol. The van der Waals surface area contributed by atoms with E-state index in [0.717, 1.165) is 37.7 Å². The van der Waals surface area contributed by atoms with E-state index in [2.05, 4.69) is 13.8 Å². The highest BCUT2D eigenvalue weighted by Crippen LogP contribution is 2.37. The van der Waals surface area contributed by atoms with E-state index in [4.69, 9.17) is 4.74 Å². The molecule has 1 fully saturated rings. The second-order valence-electron chi connectivity index (χ2n) is 11.8. The van der Waals surface area contributed by atoms with Crippen LogP contribution in [0.1, 0.15) is 129 Å². The van der Waals surface area contributed by atoms with Crippen LogP contribution in [-0.2, 0) is 20.7 Å². The molecule has 41 heavy (non-hydrogen) atoms. The molecule has 1 heterocycles. The number of carbonyl (C=O) groups is 2. The van der Waals surface area contributed by atoms with Gasteiger partial charge in [0, 0.05) is 30.8 Å². The van der Waals surface area contributed by atoms with Crippen molar-refractivity contribution in [2.75, 3.05) is 13.7 Å². The lowest BCUT2D eigenvalue weighted by Gasteiger charge is -2.29. The fraction of sp³-hybridized carbons (Fsp3) is 0.714. The summed E-state index contributed by atoms with van der Waals surface area (Å²) in [6.07, 6.45) is 21.1. The molecule has 3 atom stereocenters. The van der Waals surface area contributed by atoms with Crippen LogP contribution in [0.15, 0.2) is 36.0 Å². The zero-order valence-corrected chi connectivity index (χ0v) is 26.1. The number of aromatic hydroxyl groups is 1. The third kappa shape index (κ3) is 12.6. The maximum atomic E-state index is 13.0. The van der Waals surface area contributed by atoms with Gasteiger partial charge in [0.05, 0.1) is 7.11 Å². The van der Waals surface area contributed by atoms with Crippen molar-refractivity contribution in [1.29, 1.82) is 0 Å². The number of esters is 1. The summed E-state index contributed by atoms with van der Waals surface area (Å²) in [5, 5.41) is 20.8. The van der Waals surface area contributed by atoms with E-state index in [-0.39, 0.29) is 17.6 Å². The largest absolute Gasteiger partial charge is 0.508 e. The van der Waals surface area contributed by atoms with Gasteiger partial charge in [0.25, 0.3) is 0 Å². The Kier molecular flexibility index (Phi) is 17.4. The normalized spacial score (nSPS) is 19.7. The van der Waals surface area contributed by atoms with E-state index in [0.29, 0.717) is 25.1 Å². The Labute approximate surface area is 249 Å². The second-order valence-corrected chi connectivity index (χ2v) is 11.8. The predicted molar refractivity (Wildman–Crippen MR) is 167 cm³/mol. The van der Waals surface area contributed by atoms with Gasteiger partial charge in [-0.25, -0.2) is 0 Å². The Morgan fingerprint density at radius 3 is 1.88 bits per heavy atom. The number of ketones is 1. The lowest BCUT2D eigenvalue weighted by molar-refractivity contribution is -0.149. The van der Waals surface area contributed by atoms with Gasteiger partial charge in [-0.05, 0) is 37.0 Å². The summed E-state index contributed by atoms with van der Waals surface area (Å²) in [5.74, 6) is -0.920. The summed E-state index contributed by atoms with van der Waals surface area (Å²) in [6, 6.07) is 6.84. The molecule has 0 bridgehead atoms. The first-order valence-electron chi connectivity index (χ1n) is 16.5. The van der Waals surface area contributed by atoms with Gasteiger partial charge in [0.1, 0.15) is 17.8 Å². The zero-order valence-electron chi connectivity index (χ0n) is 26.1. The summed E-state index contributed by atoms with van der Waals surface area (Å²) in [4.78, 5) is 27.7. The number of aliphatic hydroxyl groups excluding tert-OH is 1. The first-order chi connectivity index (χ1) is 19.9. The summed E-state index contributed by atoms with van der Waals surface area (Å²) >= 11 is 0. The molecule has 0 aromatic heterocycles. The number of nitrogens with zero attached hydrogens (tertiary/aromatic N) is 1. The Bertz CT molecular complexity index is 896. The lowest BCUT2D eigenvalue weighted by Crippen LogP contribution is -2.38. The zero-order chi connectivity index (χ0) is 29.9. The van der Waals surface area contributed by atoms with E-state index in [1.165, 1.54) is 77.7 Å². The molecule has 2 N–H and O–H groups in total. The molecular formula is C35H57NO5. The van der Waals surface area contributed by atoms with Crippen molar-refractivity contribution in [3.63, 3.8) is 0 Å². The summed E-state index contributed by atoms with van der Waals surface area (Å²) in [6.45, 7) is 4.89. The second kappa shape index (κ2) is 20.5. The third-order valence-corrected chi connectivity index (χ3v) is 8.51. The number of aliphatic hydroxyl groups is 1. The number of allylic oxidation sites excluding steroid dienone is 1. The summed E-state index contributed by atoms with van der Waals surface area (Å²) in [7, 11) is 1.35. The van der Waals surface area contributed by atoms with Crippen LogP contribution < -0.4 is 0 Å². The van der Waals surface area contributed by atoms with Crippen molar-refractivity contribution >= 4 is 11.8 Å². The van der Waals surface area contributed by atoms with Crippen molar-refractivity contribution in [2.24, 2.45) is 5.92 Å². The molecule has 1 saturated heterocycles. The fourth-order valence-corrected chi connectivity index (χ4v) is 6.11. The Morgan fingerprint density at radius 1 is 0.829 bits per heavy atom. The molecule has 0 saturated carbocycles. The van der Waals surface area contributed by atoms with E-state index < -0.39 is 18.0 Å². The first kappa shape index (κ1) is 34.9. The number of likely N-dealkylation sites (tertiary alicyclic amines) is 1. The minimum Gasteiger partial charge on any atom is -0.508 e.